The van der Waals surface area contributed by atoms with Gasteiger partial charge in [-0.3, -0.25) is 0 Å². The van der Waals surface area contributed by atoms with Gasteiger partial charge in [-0.1, -0.05) is 0 Å². The van der Waals surface area contributed by atoms with Crippen molar-refractivity contribution in [1.82, 2.24) is 0 Å². The van der Waals surface area contributed by atoms with Crippen molar-refractivity contribution in [3.8, 4) is 5.75 Å². The predicted octanol–water partition coefficient (Wildman–Crippen LogP) is 3.68. The fraction of sp³-hybridized carbons (Fsp3) is 0. The molecular formula is C19H15NO2SSe. The molecule has 0 aliphatic heterocycles. The van der Waals surface area contributed by atoms with Crippen LogP contribution in [0.4, 0.5) is 5.69 Å². The van der Waals surface area contributed by atoms with Crippen LogP contribution in [-0.2, 0) is 0 Å². The zero-order valence-electron chi connectivity index (χ0n) is 12.7. The van der Waals surface area contributed by atoms with Gasteiger partial charge in [0, 0.05) is 0 Å². The van der Waals surface area contributed by atoms with Crippen molar-refractivity contribution in [3.05, 3.63) is 84.4 Å². The minimum absolute atomic E-state index is 0.101. The van der Waals surface area contributed by atoms with Crippen molar-refractivity contribution >= 4 is 40.1 Å². The Kier molecular flexibility index (Phi) is 5.59. The number of anilines is 1. The van der Waals surface area contributed by atoms with Gasteiger partial charge >= 0.3 is 150 Å². The summed E-state index contributed by atoms with van der Waals surface area (Å²) in [5, 5.41) is 12.2. The molecule has 0 spiro atoms. The first-order chi connectivity index (χ1) is 11.7. The molecule has 3 nitrogen and oxygen atoms in total. The molecule has 120 valence electrons. The molecule has 3 aromatic carbocycles. The topological polar surface area (TPSA) is 49.3 Å². The molecule has 0 saturated carbocycles. The summed E-state index contributed by atoms with van der Waals surface area (Å²) in [4.78, 5) is 13.8. The molecular weight excluding hydrogens is 385 g/mol. The Morgan fingerprint density at radius 3 is 2.29 bits per heavy atom. The Balaban J connectivity index is 1.73. The molecule has 3 rings (SSSR count). The van der Waals surface area contributed by atoms with E-state index in [1.54, 1.807) is 34.4 Å². The molecule has 0 aromatic heterocycles. The number of carbonyl (C=O) groups excluding carboxylic acids is 1. The molecule has 0 unspecified atom stereocenters. The fourth-order valence-corrected chi connectivity index (χ4v) is 5.93. The van der Waals surface area contributed by atoms with Gasteiger partial charge in [-0.15, -0.1) is 0 Å². The number of phenolic OH excluding ortho intramolecular Hbond substituents is 1. The Hall–Kier alpha value is -2.20. The standard InChI is InChI=1S/C19H15NO2SSe/c21-15-12-10-14(11-13-15)20-19(22)17-8-4-5-9-18(17)24-23-16-6-2-1-3-7-16/h1-13,21H,(H,20,22). The number of nitrogens with one attached hydrogen (secondary N) is 1. The summed E-state index contributed by atoms with van der Waals surface area (Å²) >= 11 is 0.101. The van der Waals surface area contributed by atoms with E-state index in [4.69, 9.17) is 0 Å². The van der Waals surface area contributed by atoms with E-state index in [0.717, 1.165) is 4.46 Å². The van der Waals surface area contributed by atoms with Gasteiger partial charge in [0.15, 0.2) is 0 Å². The number of carbonyl (C=O) groups is 1. The van der Waals surface area contributed by atoms with E-state index in [-0.39, 0.29) is 25.5 Å². The van der Waals surface area contributed by atoms with E-state index < -0.39 is 0 Å². The summed E-state index contributed by atoms with van der Waals surface area (Å²) in [6, 6.07) is 24.3. The van der Waals surface area contributed by atoms with Crippen molar-refractivity contribution in [2.24, 2.45) is 0 Å². The number of hydrogen-bond donors (Lipinski definition) is 2. The summed E-state index contributed by atoms with van der Waals surface area (Å²) in [5.74, 6) is 0.0443. The van der Waals surface area contributed by atoms with E-state index in [1.807, 2.05) is 42.5 Å². The Bertz CT molecular complexity index is 822. The third-order valence-corrected chi connectivity index (χ3v) is 7.57. The normalized spacial score (nSPS) is 10.3. The first-order valence-electron chi connectivity index (χ1n) is 7.31. The maximum absolute atomic E-state index is 12.6. The summed E-state index contributed by atoms with van der Waals surface area (Å²) < 4.78 is 1.05. The monoisotopic (exact) mass is 401 g/mol. The number of aromatic hydroxyl groups is 1. The van der Waals surface area contributed by atoms with Gasteiger partial charge in [0.1, 0.15) is 0 Å². The maximum atomic E-state index is 12.6. The Morgan fingerprint density at radius 2 is 1.54 bits per heavy atom. The molecule has 0 bridgehead atoms. The average molecular weight is 400 g/mol. The van der Waals surface area contributed by atoms with E-state index in [1.165, 1.54) is 4.90 Å². The number of hydrogen-bond acceptors (Lipinski definition) is 3. The van der Waals surface area contributed by atoms with Crippen molar-refractivity contribution in [2.45, 2.75) is 4.90 Å². The molecule has 0 atom stereocenters. The number of rotatable bonds is 5. The van der Waals surface area contributed by atoms with Crippen molar-refractivity contribution in [2.75, 3.05) is 5.32 Å². The van der Waals surface area contributed by atoms with Crippen LogP contribution in [0, 0.1) is 0 Å². The quantitative estimate of drug-likeness (QED) is 0.508. The van der Waals surface area contributed by atoms with Crippen LogP contribution in [0.5, 0.6) is 5.75 Å². The van der Waals surface area contributed by atoms with E-state index >= 15 is 0 Å². The van der Waals surface area contributed by atoms with Gasteiger partial charge in [-0.05, 0) is 0 Å². The number of phenols is 1. The van der Waals surface area contributed by atoms with E-state index in [0.29, 0.717) is 11.3 Å². The molecule has 2 N–H and O–H groups in total. The summed E-state index contributed by atoms with van der Waals surface area (Å²) in [5.41, 5.74) is 1.35. The zero-order valence-corrected chi connectivity index (χ0v) is 15.2. The first kappa shape index (κ1) is 16.7. The minimum atomic E-state index is -0.133. The average Bonchev–Trinajstić information content (AvgIpc) is 2.63. The molecule has 0 heterocycles. The molecule has 0 aliphatic rings. The van der Waals surface area contributed by atoms with Crippen LogP contribution in [0.1, 0.15) is 10.4 Å². The summed E-state index contributed by atoms with van der Waals surface area (Å²) in [7, 11) is 1.76. The second-order valence-electron chi connectivity index (χ2n) is 4.98. The van der Waals surface area contributed by atoms with Crippen molar-refractivity contribution in [1.29, 1.82) is 0 Å². The second kappa shape index (κ2) is 8.06. The van der Waals surface area contributed by atoms with Gasteiger partial charge in [0.05, 0.1) is 0 Å². The van der Waals surface area contributed by atoms with E-state index in [9.17, 15) is 9.90 Å². The molecule has 24 heavy (non-hydrogen) atoms. The van der Waals surface area contributed by atoms with Gasteiger partial charge in [0.2, 0.25) is 0 Å². The molecule has 3 aromatic rings. The molecule has 0 fully saturated rings. The first-order valence-corrected chi connectivity index (χ1v) is 11.0. The van der Waals surface area contributed by atoms with Crippen LogP contribution in [0.3, 0.4) is 0 Å². The van der Waals surface area contributed by atoms with Crippen LogP contribution in [-0.4, -0.2) is 24.8 Å². The van der Waals surface area contributed by atoms with Gasteiger partial charge in [-0.2, -0.15) is 0 Å². The third kappa shape index (κ3) is 4.42. The van der Waals surface area contributed by atoms with Crippen LogP contribution in [0.2, 0.25) is 0 Å². The van der Waals surface area contributed by atoms with Gasteiger partial charge < -0.3 is 0 Å². The summed E-state index contributed by atoms with van der Waals surface area (Å²) in [6.45, 7) is 0. The number of amides is 1. The molecule has 0 radical (unpaired) electrons. The van der Waals surface area contributed by atoms with Crippen LogP contribution in [0.15, 0.2) is 83.8 Å². The van der Waals surface area contributed by atoms with Gasteiger partial charge in [0.25, 0.3) is 0 Å². The van der Waals surface area contributed by atoms with Crippen LogP contribution >= 0.6 is 10.2 Å². The fourth-order valence-electron chi connectivity index (χ4n) is 2.04. The van der Waals surface area contributed by atoms with Crippen LogP contribution in [0.25, 0.3) is 0 Å². The molecule has 0 aliphatic carbocycles. The Morgan fingerprint density at radius 1 is 0.875 bits per heavy atom. The molecule has 0 saturated heterocycles. The number of benzene rings is 3. The third-order valence-electron chi connectivity index (χ3n) is 3.23. The van der Waals surface area contributed by atoms with Gasteiger partial charge in [-0.25, -0.2) is 0 Å². The zero-order chi connectivity index (χ0) is 16.8. The second-order valence-corrected chi connectivity index (χ2v) is 8.80. The molecule has 1 amide bonds. The summed E-state index contributed by atoms with van der Waals surface area (Å²) in [6.07, 6.45) is 0. The molecule has 5 heteroatoms. The van der Waals surface area contributed by atoms with E-state index in [2.05, 4.69) is 17.4 Å². The van der Waals surface area contributed by atoms with Crippen molar-refractivity contribution < 1.29 is 9.90 Å². The van der Waals surface area contributed by atoms with Crippen molar-refractivity contribution in [3.63, 3.8) is 0 Å². The predicted molar refractivity (Wildman–Crippen MR) is 100 cm³/mol. The SMILES string of the molecule is O=C(Nc1ccc(O)cc1)c1ccccc1[Se]Sc1ccccc1. The van der Waals surface area contributed by atoms with Crippen LogP contribution < -0.4 is 9.78 Å². The Labute approximate surface area is 150 Å².